The monoisotopic (exact) mass is 406 g/mol. The van der Waals surface area contributed by atoms with Crippen molar-refractivity contribution in [3.05, 3.63) is 69.4 Å². The van der Waals surface area contributed by atoms with Crippen LogP contribution in [0.5, 0.6) is 0 Å². The highest BCUT2D eigenvalue weighted by molar-refractivity contribution is 5.94. The van der Waals surface area contributed by atoms with Crippen molar-refractivity contribution in [1.29, 1.82) is 0 Å². The topological polar surface area (TPSA) is 82.8 Å². The number of carboxylic acids is 1. The van der Waals surface area contributed by atoms with E-state index in [2.05, 4.69) is 10.2 Å². The maximum Gasteiger partial charge on any atom is 0.337 e. The number of hydrogen-bond acceptors (Lipinski definition) is 5. The summed E-state index contributed by atoms with van der Waals surface area (Å²) < 4.78 is 6.27. The SMILES string of the molecule is Cc1cc(C(C)Nc2ccccc2C(=O)O)c2oc(N3CCCCC3)cc(=O)c2c1. The van der Waals surface area contributed by atoms with Crippen LogP contribution >= 0.6 is 0 Å². The molecular weight excluding hydrogens is 380 g/mol. The molecule has 1 saturated heterocycles. The molecule has 1 aliphatic rings. The number of fused-ring (bicyclic) bond motifs is 1. The zero-order chi connectivity index (χ0) is 21.3. The lowest BCUT2D eigenvalue weighted by Crippen LogP contribution is -2.30. The molecule has 0 saturated carbocycles. The Kier molecular flexibility index (Phi) is 5.48. The zero-order valence-corrected chi connectivity index (χ0v) is 17.3. The minimum atomic E-state index is -0.988. The van der Waals surface area contributed by atoms with Gasteiger partial charge in [0, 0.05) is 30.4 Å². The van der Waals surface area contributed by atoms with Crippen LogP contribution in [-0.2, 0) is 0 Å². The van der Waals surface area contributed by atoms with Crippen LogP contribution in [0.1, 0.15) is 53.7 Å². The summed E-state index contributed by atoms with van der Waals surface area (Å²) in [5.74, 6) is -0.381. The number of anilines is 2. The van der Waals surface area contributed by atoms with E-state index in [1.54, 1.807) is 30.3 Å². The van der Waals surface area contributed by atoms with Crippen molar-refractivity contribution < 1.29 is 14.3 Å². The van der Waals surface area contributed by atoms with Gasteiger partial charge in [-0.2, -0.15) is 0 Å². The summed E-state index contributed by atoms with van der Waals surface area (Å²) in [6.45, 7) is 5.66. The zero-order valence-electron chi connectivity index (χ0n) is 17.3. The third kappa shape index (κ3) is 3.90. The fourth-order valence-electron chi connectivity index (χ4n) is 4.12. The maximum absolute atomic E-state index is 12.9. The Balaban J connectivity index is 1.78. The Labute approximate surface area is 175 Å². The summed E-state index contributed by atoms with van der Waals surface area (Å²) >= 11 is 0. The van der Waals surface area contributed by atoms with Crippen LogP contribution < -0.4 is 15.6 Å². The molecule has 0 radical (unpaired) electrons. The number of carbonyl (C=O) groups is 1. The molecule has 1 aromatic heterocycles. The molecule has 1 aliphatic heterocycles. The van der Waals surface area contributed by atoms with Gasteiger partial charge in [-0.1, -0.05) is 18.2 Å². The number of piperidine rings is 1. The number of carboxylic acid groups (broad SMARTS) is 1. The van der Waals surface area contributed by atoms with Crippen LogP contribution in [0.3, 0.4) is 0 Å². The van der Waals surface area contributed by atoms with Gasteiger partial charge in [0.1, 0.15) is 5.58 Å². The van der Waals surface area contributed by atoms with Crippen LogP contribution in [0.2, 0.25) is 0 Å². The molecule has 1 atom stereocenters. The first-order valence-corrected chi connectivity index (χ1v) is 10.4. The molecule has 2 heterocycles. The molecule has 3 aromatic rings. The molecule has 0 amide bonds. The Morgan fingerprint density at radius 3 is 2.60 bits per heavy atom. The third-order valence-electron chi connectivity index (χ3n) is 5.65. The Bertz CT molecular complexity index is 1150. The largest absolute Gasteiger partial charge is 0.478 e. The Morgan fingerprint density at radius 1 is 1.13 bits per heavy atom. The Morgan fingerprint density at radius 2 is 1.87 bits per heavy atom. The van der Waals surface area contributed by atoms with E-state index in [1.165, 1.54) is 6.42 Å². The number of aromatic carboxylic acids is 1. The fourth-order valence-corrected chi connectivity index (χ4v) is 4.12. The number of nitrogens with one attached hydrogen (secondary N) is 1. The van der Waals surface area contributed by atoms with Gasteiger partial charge in [0.25, 0.3) is 0 Å². The van der Waals surface area contributed by atoms with E-state index in [-0.39, 0.29) is 17.0 Å². The van der Waals surface area contributed by atoms with E-state index in [0.717, 1.165) is 37.1 Å². The number of hydrogen-bond donors (Lipinski definition) is 2. The van der Waals surface area contributed by atoms with Crippen molar-refractivity contribution in [2.75, 3.05) is 23.3 Å². The molecule has 2 aromatic carbocycles. The summed E-state index contributed by atoms with van der Waals surface area (Å²) in [6.07, 6.45) is 3.38. The van der Waals surface area contributed by atoms with Crippen LogP contribution in [0.25, 0.3) is 11.0 Å². The quantitative estimate of drug-likeness (QED) is 0.623. The molecular formula is C24H26N2O4. The molecule has 0 aliphatic carbocycles. The van der Waals surface area contributed by atoms with Crippen LogP contribution in [0, 0.1) is 6.92 Å². The molecule has 2 N–H and O–H groups in total. The molecule has 6 heteroatoms. The summed E-state index contributed by atoms with van der Waals surface area (Å²) in [5, 5.41) is 13.3. The van der Waals surface area contributed by atoms with Gasteiger partial charge >= 0.3 is 5.97 Å². The van der Waals surface area contributed by atoms with Gasteiger partial charge in [-0.15, -0.1) is 0 Å². The second-order valence-corrected chi connectivity index (χ2v) is 7.94. The second-order valence-electron chi connectivity index (χ2n) is 7.94. The molecule has 156 valence electrons. The van der Waals surface area contributed by atoms with Crippen LogP contribution in [0.15, 0.2) is 51.7 Å². The van der Waals surface area contributed by atoms with Crippen molar-refractivity contribution in [3.8, 4) is 0 Å². The van der Waals surface area contributed by atoms with E-state index in [4.69, 9.17) is 4.42 Å². The molecule has 30 heavy (non-hydrogen) atoms. The van der Waals surface area contributed by atoms with E-state index >= 15 is 0 Å². The minimum Gasteiger partial charge on any atom is -0.478 e. The van der Waals surface area contributed by atoms with Crippen molar-refractivity contribution in [3.63, 3.8) is 0 Å². The van der Waals surface area contributed by atoms with Gasteiger partial charge in [0.15, 0.2) is 11.3 Å². The Hall–Kier alpha value is -3.28. The number of para-hydroxylation sites is 1. The summed E-state index contributed by atoms with van der Waals surface area (Å²) in [7, 11) is 0. The fraction of sp³-hybridized carbons (Fsp3) is 0.333. The van der Waals surface area contributed by atoms with Gasteiger partial charge in [-0.05, 0) is 56.9 Å². The van der Waals surface area contributed by atoms with Gasteiger partial charge < -0.3 is 19.7 Å². The molecule has 6 nitrogen and oxygen atoms in total. The van der Waals surface area contributed by atoms with E-state index in [9.17, 15) is 14.7 Å². The minimum absolute atomic E-state index is 0.0556. The van der Waals surface area contributed by atoms with Crippen molar-refractivity contribution in [1.82, 2.24) is 0 Å². The lowest BCUT2D eigenvalue weighted by atomic mass is 10.0. The normalized spacial score (nSPS) is 15.2. The lowest BCUT2D eigenvalue weighted by Gasteiger charge is -2.27. The average molecular weight is 406 g/mol. The standard InChI is InChI=1S/C24H26N2O4/c1-15-12-18(16(2)25-20-9-5-4-8-17(20)24(28)29)23-19(13-15)21(27)14-22(30-23)26-10-6-3-7-11-26/h4-5,8-9,12-14,16,25H,3,6-7,10-11H2,1-2H3,(H,28,29). The predicted octanol–water partition coefficient (Wildman–Crippen LogP) is 4.96. The van der Waals surface area contributed by atoms with Gasteiger partial charge in [-0.3, -0.25) is 4.79 Å². The number of nitrogens with zero attached hydrogens (tertiary/aromatic N) is 1. The lowest BCUT2D eigenvalue weighted by molar-refractivity contribution is 0.0698. The first kappa shape index (κ1) is 20.0. The second kappa shape index (κ2) is 8.22. The smallest absolute Gasteiger partial charge is 0.337 e. The van der Waals surface area contributed by atoms with Gasteiger partial charge in [0.2, 0.25) is 0 Å². The van der Waals surface area contributed by atoms with Gasteiger partial charge in [0.05, 0.1) is 17.0 Å². The average Bonchev–Trinajstić information content (AvgIpc) is 2.74. The predicted molar refractivity (Wildman–Crippen MR) is 119 cm³/mol. The molecule has 0 spiro atoms. The first-order valence-electron chi connectivity index (χ1n) is 10.4. The summed E-state index contributed by atoms with van der Waals surface area (Å²) in [5.41, 5.74) is 3.02. The van der Waals surface area contributed by atoms with Crippen LogP contribution in [-0.4, -0.2) is 24.2 Å². The van der Waals surface area contributed by atoms with Gasteiger partial charge in [-0.25, -0.2) is 4.79 Å². The molecule has 0 bridgehead atoms. The summed E-state index contributed by atoms with van der Waals surface area (Å²) in [6, 6.07) is 12.0. The summed E-state index contributed by atoms with van der Waals surface area (Å²) in [4.78, 5) is 26.6. The van der Waals surface area contributed by atoms with Crippen molar-refractivity contribution in [2.24, 2.45) is 0 Å². The number of aryl methyl sites for hydroxylation is 1. The number of rotatable bonds is 5. The van der Waals surface area contributed by atoms with Crippen molar-refractivity contribution >= 4 is 28.5 Å². The van der Waals surface area contributed by atoms with E-state index < -0.39 is 5.97 Å². The highest BCUT2D eigenvalue weighted by Gasteiger charge is 2.20. The highest BCUT2D eigenvalue weighted by atomic mass is 16.4. The maximum atomic E-state index is 12.9. The molecule has 1 unspecified atom stereocenters. The first-order chi connectivity index (χ1) is 14.4. The molecule has 1 fully saturated rings. The van der Waals surface area contributed by atoms with Crippen LogP contribution in [0.4, 0.5) is 11.6 Å². The third-order valence-corrected chi connectivity index (χ3v) is 5.65. The van der Waals surface area contributed by atoms with E-state index in [0.29, 0.717) is 22.5 Å². The van der Waals surface area contributed by atoms with E-state index in [1.807, 2.05) is 26.0 Å². The number of benzene rings is 2. The van der Waals surface area contributed by atoms with Crippen molar-refractivity contribution in [2.45, 2.75) is 39.2 Å². The highest BCUT2D eigenvalue weighted by Crippen LogP contribution is 2.31. The molecule has 4 rings (SSSR count).